The summed E-state index contributed by atoms with van der Waals surface area (Å²) < 4.78 is 15.7. The Kier molecular flexibility index (Phi) is 2.69. The number of nitrogen functional groups attached to an aromatic ring is 1. The summed E-state index contributed by atoms with van der Waals surface area (Å²) in [6, 6.07) is 10.4. The minimum atomic E-state index is -0.313. The topological polar surface area (TPSA) is 43.8 Å². The molecule has 0 amide bonds. The lowest BCUT2D eigenvalue weighted by molar-refractivity contribution is 0.628. The Morgan fingerprint density at radius 1 is 1.19 bits per heavy atom. The molecule has 5 heteroatoms. The zero-order valence-corrected chi connectivity index (χ0v) is 11.9. The van der Waals surface area contributed by atoms with Gasteiger partial charge >= 0.3 is 0 Å². The Hall–Kier alpha value is -2.07. The highest BCUT2D eigenvalue weighted by Gasteiger charge is 2.29. The van der Waals surface area contributed by atoms with Gasteiger partial charge in [0.05, 0.1) is 11.0 Å². The Morgan fingerprint density at radius 3 is 2.76 bits per heavy atom. The summed E-state index contributed by atoms with van der Waals surface area (Å²) in [4.78, 5) is 4.64. The number of halogens is 2. The van der Waals surface area contributed by atoms with Crippen molar-refractivity contribution >= 4 is 28.3 Å². The molecule has 0 saturated heterocycles. The molecule has 2 aromatic carbocycles. The maximum Gasteiger partial charge on any atom is 0.143 e. The normalized spacial score (nSPS) is 14.8. The molecule has 0 unspecified atom stereocenters. The minimum absolute atomic E-state index is 0.313. The third kappa shape index (κ3) is 2.07. The highest BCUT2D eigenvalue weighted by molar-refractivity contribution is 6.31. The number of hydrogen-bond acceptors (Lipinski definition) is 2. The predicted molar refractivity (Wildman–Crippen MR) is 82.8 cm³/mol. The number of hydrogen-bond donors (Lipinski definition) is 1. The second-order valence-electron chi connectivity index (χ2n) is 5.40. The standard InChI is InChI=1S/C16H13ClFN3/c17-9-1-6-14-15(7-9)21(11-3-4-11)16(20-14)12-8-10(18)2-5-13(12)19/h1-2,5-8,11H,3-4,19H2. The molecule has 1 aromatic heterocycles. The molecule has 0 spiro atoms. The maximum atomic E-state index is 13.6. The highest BCUT2D eigenvalue weighted by Crippen LogP contribution is 2.42. The van der Waals surface area contributed by atoms with E-state index in [0.717, 1.165) is 23.9 Å². The number of nitrogens with zero attached hydrogens (tertiary/aromatic N) is 2. The Morgan fingerprint density at radius 2 is 2.00 bits per heavy atom. The molecule has 1 saturated carbocycles. The molecule has 2 N–H and O–H groups in total. The smallest absolute Gasteiger partial charge is 0.143 e. The lowest BCUT2D eigenvalue weighted by Gasteiger charge is -2.10. The first-order chi connectivity index (χ1) is 10.1. The molecule has 0 bridgehead atoms. The lowest BCUT2D eigenvalue weighted by atomic mass is 10.1. The average Bonchev–Trinajstić information content (AvgIpc) is 3.22. The van der Waals surface area contributed by atoms with E-state index in [1.165, 1.54) is 12.1 Å². The van der Waals surface area contributed by atoms with Crippen LogP contribution in [0.25, 0.3) is 22.4 Å². The predicted octanol–water partition coefficient (Wildman–Crippen LogP) is 4.41. The van der Waals surface area contributed by atoms with Crippen molar-refractivity contribution in [3.8, 4) is 11.4 Å². The first-order valence-electron chi connectivity index (χ1n) is 6.86. The first kappa shape index (κ1) is 12.7. The Labute approximate surface area is 126 Å². The van der Waals surface area contributed by atoms with Crippen LogP contribution in [0.2, 0.25) is 5.02 Å². The molecular formula is C16H13ClFN3. The van der Waals surface area contributed by atoms with E-state index in [2.05, 4.69) is 9.55 Å². The van der Waals surface area contributed by atoms with Crippen molar-refractivity contribution in [3.63, 3.8) is 0 Å². The second-order valence-corrected chi connectivity index (χ2v) is 5.84. The Balaban J connectivity index is 2.04. The number of nitrogens with two attached hydrogens (primary N) is 1. The van der Waals surface area contributed by atoms with Crippen LogP contribution in [0.1, 0.15) is 18.9 Å². The van der Waals surface area contributed by atoms with E-state index in [-0.39, 0.29) is 5.82 Å². The average molecular weight is 302 g/mol. The van der Waals surface area contributed by atoms with Crippen LogP contribution in [0.4, 0.5) is 10.1 Å². The van der Waals surface area contributed by atoms with E-state index < -0.39 is 0 Å². The zero-order valence-electron chi connectivity index (χ0n) is 11.2. The van der Waals surface area contributed by atoms with Crippen LogP contribution in [-0.4, -0.2) is 9.55 Å². The maximum absolute atomic E-state index is 13.6. The number of aromatic nitrogens is 2. The monoisotopic (exact) mass is 301 g/mol. The molecule has 4 rings (SSSR count). The van der Waals surface area contributed by atoms with Crippen molar-refractivity contribution in [2.45, 2.75) is 18.9 Å². The molecule has 0 aliphatic heterocycles. The van der Waals surface area contributed by atoms with Gasteiger partial charge in [0.15, 0.2) is 0 Å². The number of fused-ring (bicyclic) bond motifs is 1. The molecule has 3 aromatic rings. The lowest BCUT2D eigenvalue weighted by Crippen LogP contribution is -2.00. The van der Waals surface area contributed by atoms with Crippen molar-refractivity contribution < 1.29 is 4.39 Å². The SMILES string of the molecule is Nc1ccc(F)cc1-c1nc2ccc(Cl)cc2n1C1CC1. The van der Waals surface area contributed by atoms with Crippen molar-refractivity contribution in [1.82, 2.24) is 9.55 Å². The third-order valence-electron chi connectivity index (χ3n) is 3.82. The van der Waals surface area contributed by atoms with Crippen LogP contribution in [-0.2, 0) is 0 Å². The zero-order chi connectivity index (χ0) is 14.6. The summed E-state index contributed by atoms with van der Waals surface area (Å²) in [6.07, 6.45) is 2.19. The fourth-order valence-corrected chi connectivity index (χ4v) is 2.85. The van der Waals surface area contributed by atoms with Crippen molar-refractivity contribution in [3.05, 3.63) is 47.2 Å². The minimum Gasteiger partial charge on any atom is -0.398 e. The van der Waals surface area contributed by atoms with Gasteiger partial charge in [-0.25, -0.2) is 9.37 Å². The van der Waals surface area contributed by atoms with Crippen LogP contribution in [0.5, 0.6) is 0 Å². The van der Waals surface area contributed by atoms with E-state index in [0.29, 0.717) is 28.1 Å². The van der Waals surface area contributed by atoms with Gasteiger partial charge in [-0.15, -0.1) is 0 Å². The molecule has 21 heavy (non-hydrogen) atoms. The summed E-state index contributed by atoms with van der Waals surface area (Å²) >= 11 is 6.10. The number of benzene rings is 2. The summed E-state index contributed by atoms with van der Waals surface area (Å²) in [5.74, 6) is 0.401. The number of anilines is 1. The molecule has 0 atom stereocenters. The van der Waals surface area contributed by atoms with E-state index in [1.807, 2.05) is 18.2 Å². The second kappa shape index (κ2) is 4.46. The molecule has 106 valence electrons. The summed E-state index contributed by atoms with van der Waals surface area (Å²) in [6.45, 7) is 0. The quantitative estimate of drug-likeness (QED) is 0.712. The van der Waals surface area contributed by atoms with E-state index in [9.17, 15) is 4.39 Å². The van der Waals surface area contributed by atoms with Crippen molar-refractivity contribution in [2.24, 2.45) is 0 Å². The van der Waals surface area contributed by atoms with Crippen LogP contribution in [0, 0.1) is 5.82 Å². The van der Waals surface area contributed by atoms with Crippen LogP contribution < -0.4 is 5.73 Å². The van der Waals surface area contributed by atoms with Crippen molar-refractivity contribution in [2.75, 3.05) is 5.73 Å². The van der Waals surface area contributed by atoms with E-state index in [4.69, 9.17) is 17.3 Å². The van der Waals surface area contributed by atoms with Crippen LogP contribution in [0.15, 0.2) is 36.4 Å². The largest absolute Gasteiger partial charge is 0.398 e. The first-order valence-corrected chi connectivity index (χ1v) is 7.24. The van der Waals surface area contributed by atoms with Gasteiger partial charge in [0.25, 0.3) is 0 Å². The van der Waals surface area contributed by atoms with Crippen LogP contribution in [0.3, 0.4) is 0 Å². The highest BCUT2D eigenvalue weighted by atomic mass is 35.5. The molecule has 1 fully saturated rings. The van der Waals surface area contributed by atoms with E-state index in [1.54, 1.807) is 6.07 Å². The van der Waals surface area contributed by atoms with Gasteiger partial charge in [0.1, 0.15) is 11.6 Å². The van der Waals surface area contributed by atoms with Gasteiger partial charge in [-0.3, -0.25) is 0 Å². The molecule has 3 nitrogen and oxygen atoms in total. The van der Waals surface area contributed by atoms with Gasteiger partial charge in [-0.2, -0.15) is 0 Å². The molecule has 1 aliphatic carbocycles. The molecule has 0 radical (unpaired) electrons. The number of rotatable bonds is 2. The van der Waals surface area contributed by atoms with Crippen molar-refractivity contribution in [1.29, 1.82) is 0 Å². The summed E-state index contributed by atoms with van der Waals surface area (Å²) in [5.41, 5.74) is 9.01. The summed E-state index contributed by atoms with van der Waals surface area (Å²) in [7, 11) is 0. The van der Waals surface area contributed by atoms with Gasteiger partial charge in [-0.05, 0) is 49.2 Å². The Bertz CT molecular complexity index is 852. The van der Waals surface area contributed by atoms with Gasteiger partial charge in [0, 0.05) is 22.3 Å². The third-order valence-corrected chi connectivity index (χ3v) is 4.05. The molecule has 1 aliphatic rings. The summed E-state index contributed by atoms with van der Waals surface area (Å²) in [5, 5.41) is 0.670. The fraction of sp³-hybridized carbons (Fsp3) is 0.188. The van der Waals surface area contributed by atoms with Gasteiger partial charge in [0.2, 0.25) is 0 Å². The molecule has 1 heterocycles. The molecular weight excluding hydrogens is 289 g/mol. The van der Waals surface area contributed by atoms with E-state index >= 15 is 0 Å². The van der Waals surface area contributed by atoms with Crippen LogP contribution >= 0.6 is 11.6 Å². The number of imidazole rings is 1. The van der Waals surface area contributed by atoms with Gasteiger partial charge in [-0.1, -0.05) is 11.6 Å². The van der Waals surface area contributed by atoms with Gasteiger partial charge < -0.3 is 10.3 Å². The fourth-order valence-electron chi connectivity index (χ4n) is 2.68.